The molecule has 2 aliphatic rings. The maximum atomic E-state index is 12.6. The molecule has 1 saturated heterocycles. The van der Waals surface area contributed by atoms with E-state index in [2.05, 4.69) is 40.8 Å². The number of methoxy groups -OCH3 is 2. The molecule has 1 aliphatic heterocycles. The summed E-state index contributed by atoms with van der Waals surface area (Å²) < 4.78 is 13.4. The lowest BCUT2D eigenvalue weighted by Crippen LogP contribution is -2.56. The van der Waals surface area contributed by atoms with Gasteiger partial charge in [-0.1, -0.05) is 0 Å². The largest absolute Gasteiger partial charge is 0.496 e. The summed E-state index contributed by atoms with van der Waals surface area (Å²) in [6.45, 7) is 8.64. The molecule has 1 aromatic carbocycles. The number of aromatic nitrogens is 2. The van der Waals surface area contributed by atoms with E-state index in [-0.39, 0.29) is 11.1 Å². The number of pyridine rings is 2. The molecule has 7 nitrogen and oxygen atoms in total. The summed E-state index contributed by atoms with van der Waals surface area (Å²) in [5.74, 6) is 1.62. The van der Waals surface area contributed by atoms with E-state index in [0.29, 0.717) is 11.4 Å². The molecule has 1 aliphatic carbocycles. The monoisotopic (exact) mass is 462 g/mol. The molecule has 0 bridgehead atoms. The van der Waals surface area contributed by atoms with Gasteiger partial charge >= 0.3 is 0 Å². The maximum Gasteiger partial charge on any atom is 0.259 e. The van der Waals surface area contributed by atoms with E-state index in [9.17, 15) is 4.79 Å². The smallest absolute Gasteiger partial charge is 0.259 e. The van der Waals surface area contributed by atoms with Crippen molar-refractivity contribution < 1.29 is 9.47 Å². The molecule has 180 valence electrons. The molecule has 1 saturated carbocycles. The van der Waals surface area contributed by atoms with Crippen molar-refractivity contribution in [1.82, 2.24) is 19.4 Å². The van der Waals surface area contributed by atoms with Crippen molar-refractivity contribution >= 4 is 10.8 Å². The van der Waals surface area contributed by atoms with Gasteiger partial charge in [-0.3, -0.25) is 19.6 Å². The van der Waals surface area contributed by atoms with Gasteiger partial charge in [0.1, 0.15) is 11.5 Å². The average Bonchev–Trinajstić information content (AvgIpc) is 3.62. The van der Waals surface area contributed by atoms with Crippen LogP contribution in [0, 0.1) is 0 Å². The lowest BCUT2D eigenvalue weighted by atomic mass is 9.98. The predicted octanol–water partition coefficient (Wildman–Crippen LogP) is 3.68. The standard InChI is InChI=1S/C27H34N4O3/c1-18(2)30-10-11-31(27(17-30)7-8-27)16-23-24(33-4)12-19(13-25(23)34-5)22-15-29(3)26(32)21-14-28-9-6-20(21)22/h6,9,12-15,18H,7-8,10-11,16-17H2,1-5H3. The molecule has 0 atom stereocenters. The Morgan fingerprint density at radius 1 is 1.09 bits per heavy atom. The summed E-state index contributed by atoms with van der Waals surface area (Å²) in [6.07, 6.45) is 7.73. The molecule has 34 heavy (non-hydrogen) atoms. The van der Waals surface area contributed by atoms with Crippen LogP contribution in [-0.4, -0.2) is 64.8 Å². The minimum Gasteiger partial charge on any atom is -0.496 e. The highest BCUT2D eigenvalue weighted by molar-refractivity contribution is 5.95. The van der Waals surface area contributed by atoms with Crippen LogP contribution in [0.15, 0.2) is 41.6 Å². The van der Waals surface area contributed by atoms with Crippen LogP contribution in [0.3, 0.4) is 0 Å². The first-order valence-electron chi connectivity index (χ1n) is 12.0. The third kappa shape index (κ3) is 3.87. The average molecular weight is 463 g/mol. The maximum absolute atomic E-state index is 12.6. The SMILES string of the molecule is COc1cc(-c2cn(C)c(=O)c3cnccc23)cc(OC)c1CN1CCN(C(C)C)CC12CC2. The Labute approximate surface area is 200 Å². The number of rotatable bonds is 6. The van der Waals surface area contributed by atoms with E-state index in [1.54, 1.807) is 38.2 Å². The van der Waals surface area contributed by atoms with Crippen LogP contribution in [0.25, 0.3) is 21.9 Å². The number of nitrogens with zero attached hydrogens (tertiary/aromatic N) is 4. The fourth-order valence-corrected chi connectivity index (χ4v) is 5.38. The zero-order chi connectivity index (χ0) is 24.0. The first kappa shape index (κ1) is 22.9. The second-order valence-electron chi connectivity index (χ2n) is 9.95. The summed E-state index contributed by atoms with van der Waals surface area (Å²) >= 11 is 0. The van der Waals surface area contributed by atoms with Crippen molar-refractivity contribution in [2.45, 2.75) is 44.8 Å². The Hall–Kier alpha value is -2.90. The van der Waals surface area contributed by atoms with Gasteiger partial charge in [-0.25, -0.2) is 0 Å². The van der Waals surface area contributed by atoms with Crippen LogP contribution in [0.2, 0.25) is 0 Å². The van der Waals surface area contributed by atoms with Gasteiger partial charge in [0.15, 0.2) is 0 Å². The van der Waals surface area contributed by atoms with Crippen LogP contribution >= 0.6 is 0 Å². The van der Waals surface area contributed by atoms with Crippen LogP contribution in [0.1, 0.15) is 32.3 Å². The lowest BCUT2D eigenvalue weighted by Gasteiger charge is -2.44. The van der Waals surface area contributed by atoms with Gasteiger partial charge in [0, 0.05) is 69.0 Å². The Bertz CT molecular complexity index is 1250. The molecule has 3 heterocycles. The minimum absolute atomic E-state index is 0.0577. The van der Waals surface area contributed by atoms with Crippen molar-refractivity contribution in [3.63, 3.8) is 0 Å². The van der Waals surface area contributed by atoms with Crippen molar-refractivity contribution in [2.75, 3.05) is 33.9 Å². The summed E-state index contributed by atoms with van der Waals surface area (Å²) in [6, 6.07) is 6.61. The Morgan fingerprint density at radius 3 is 2.41 bits per heavy atom. The second kappa shape index (κ2) is 8.71. The number of hydrogen-bond acceptors (Lipinski definition) is 6. The zero-order valence-corrected chi connectivity index (χ0v) is 20.8. The molecular weight excluding hydrogens is 428 g/mol. The molecule has 5 rings (SSSR count). The number of piperazine rings is 1. The van der Waals surface area contributed by atoms with Crippen LogP contribution in [0.5, 0.6) is 11.5 Å². The summed E-state index contributed by atoms with van der Waals surface area (Å²) in [4.78, 5) is 22.0. The topological polar surface area (TPSA) is 59.8 Å². The highest BCUT2D eigenvalue weighted by Gasteiger charge is 2.51. The van der Waals surface area contributed by atoms with E-state index < -0.39 is 0 Å². The van der Waals surface area contributed by atoms with Gasteiger partial charge in [-0.05, 0) is 55.8 Å². The number of benzene rings is 1. The van der Waals surface area contributed by atoms with Crippen LogP contribution in [-0.2, 0) is 13.6 Å². The van der Waals surface area contributed by atoms with E-state index in [0.717, 1.165) is 59.8 Å². The first-order valence-corrected chi connectivity index (χ1v) is 12.0. The second-order valence-corrected chi connectivity index (χ2v) is 9.95. The fraction of sp³-hybridized carbons (Fsp3) is 0.481. The van der Waals surface area contributed by atoms with E-state index >= 15 is 0 Å². The molecule has 0 unspecified atom stereocenters. The highest BCUT2D eigenvalue weighted by atomic mass is 16.5. The van der Waals surface area contributed by atoms with Gasteiger partial charge in [0.2, 0.25) is 0 Å². The molecule has 3 aromatic rings. The number of fused-ring (bicyclic) bond motifs is 1. The lowest BCUT2D eigenvalue weighted by molar-refractivity contribution is 0.0362. The normalized spacial score (nSPS) is 18.1. The number of aryl methyl sites for hydroxylation is 1. The first-order chi connectivity index (χ1) is 16.4. The summed E-state index contributed by atoms with van der Waals surface area (Å²) in [7, 11) is 5.20. The predicted molar refractivity (Wildman–Crippen MR) is 135 cm³/mol. The van der Waals surface area contributed by atoms with Gasteiger partial charge in [0.25, 0.3) is 5.56 Å². The molecule has 1 spiro atoms. The third-order valence-electron chi connectivity index (χ3n) is 7.64. The van der Waals surface area contributed by atoms with E-state index in [4.69, 9.17) is 9.47 Å². The minimum atomic E-state index is -0.0577. The molecule has 7 heteroatoms. The van der Waals surface area contributed by atoms with Gasteiger partial charge in [-0.15, -0.1) is 0 Å². The highest BCUT2D eigenvalue weighted by Crippen LogP contribution is 2.47. The van der Waals surface area contributed by atoms with E-state index in [1.165, 1.54) is 12.8 Å². The van der Waals surface area contributed by atoms with Gasteiger partial charge in [-0.2, -0.15) is 0 Å². The van der Waals surface area contributed by atoms with Crippen LogP contribution < -0.4 is 15.0 Å². The Morgan fingerprint density at radius 2 is 1.79 bits per heavy atom. The van der Waals surface area contributed by atoms with Crippen molar-refractivity contribution in [2.24, 2.45) is 7.05 Å². The Kier molecular flexibility index (Phi) is 5.86. The molecule has 2 fully saturated rings. The van der Waals surface area contributed by atoms with E-state index in [1.807, 2.05) is 12.3 Å². The van der Waals surface area contributed by atoms with Gasteiger partial charge in [0.05, 0.1) is 25.2 Å². The third-order valence-corrected chi connectivity index (χ3v) is 7.64. The molecule has 2 aromatic heterocycles. The molecule has 0 radical (unpaired) electrons. The quantitative estimate of drug-likeness (QED) is 0.557. The van der Waals surface area contributed by atoms with Crippen molar-refractivity contribution in [1.29, 1.82) is 0 Å². The summed E-state index contributed by atoms with van der Waals surface area (Å²) in [5, 5.41) is 1.47. The summed E-state index contributed by atoms with van der Waals surface area (Å²) in [5.41, 5.74) is 3.20. The van der Waals surface area contributed by atoms with Gasteiger partial charge < -0.3 is 14.0 Å². The van der Waals surface area contributed by atoms with Crippen LogP contribution in [0.4, 0.5) is 0 Å². The zero-order valence-electron chi connectivity index (χ0n) is 20.8. The fourth-order valence-electron chi connectivity index (χ4n) is 5.38. The number of hydrogen-bond donors (Lipinski definition) is 0. The Balaban J connectivity index is 1.55. The molecular formula is C27H34N4O3. The molecule has 0 amide bonds. The van der Waals surface area contributed by atoms with Crippen molar-refractivity contribution in [3.8, 4) is 22.6 Å². The number of ether oxygens (including phenoxy) is 2. The van der Waals surface area contributed by atoms with Crippen molar-refractivity contribution in [3.05, 3.63) is 52.7 Å². The molecule has 0 N–H and O–H groups in total.